The number of esters is 1. The number of nitrogens with two attached hydrogens (primary N) is 1. The zero-order valence-electron chi connectivity index (χ0n) is 32.3. The maximum Gasteiger partial charge on any atom is 0.326 e. The Morgan fingerprint density at radius 3 is 1.47 bits per heavy atom. The monoisotopic (exact) mass is 693 g/mol. The zero-order chi connectivity index (χ0) is 36.0. The van der Waals surface area contributed by atoms with Crippen LogP contribution in [0.2, 0.25) is 0 Å². The van der Waals surface area contributed by atoms with Crippen molar-refractivity contribution in [3.05, 3.63) is 12.2 Å². The third-order valence-corrected chi connectivity index (χ3v) is 9.58. The molecule has 7 heteroatoms. The molecule has 0 aliphatic heterocycles. The number of carbonyl (C=O) groups excluding carboxylic acids is 2. The molecule has 1 amide bonds. The summed E-state index contributed by atoms with van der Waals surface area (Å²) in [6.07, 6.45) is 39.7. The topological polar surface area (TPSA) is 119 Å². The predicted octanol–water partition coefficient (Wildman–Crippen LogP) is 11.5. The summed E-state index contributed by atoms with van der Waals surface area (Å²) in [5, 5.41) is 11.9. The second-order valence-corrected chi connectivity index (χ2v) is 14.4. The Morgan fingerprint density at radius 2 is 1.00 bits per heavy atom. The van der Waals surface area contributed by atoms with Crippen LogP contribution in [0.15, 0.2) is 12.2 Å². The first-order chi connectivity index (χ1) is 23.9. The molecule has 49 heavy (non-hydrogen) atoms. The van der Waals surface area contributed by atoms with Crippen LogP contribution in [-0.4, -0.2) is 41.6 Å². The number of carboxylic acids is 1. The summed E-state index contributed by atoms with van der Waals surface area (Å²) in [4.78, 5) is 36.2. The van der Waals surface area contributed by atoms with E-state index in [-0.39, 0.29) is 18.0 Å². The minimum Gasteiger partial charge on any atom is -0.480 e. The molecule has 0 aromatic carbocycles. The molecule has 2 unspecified atom stereocenters. The van der Waals surface area contributed by atoms with Crippen LogP contribution in [-0.2, 0) is 19.1 Å². The molecule has 288 valence electrons. The maximum absolute atomic E-state index is 12.7. The van der Waals surface area contributed by atoms with Gasteiger partial charge in [0.2, 0.25) is 5.91 Å². The lowest BCUT2D eigenvalue weighted by Gasteiger charge is -2.18. The van der Waals surface area contributed by atoms with Crippen LogP contribution in [0.1, 0.15) is 219 Å². The molecule has 0 spiro atoms. The van der Waals surface area contributed by atoms with E-state index in [0.717, 1.165) is 64.2 Å². The lowest BCUT2D eigenvalue weighted by Crippen LogP contribution is -2.40. The third kappa shape index (κ3) is 34.3. The van der Waals surface area contributed by atoms with E-state index in [1.165, 1.54) is 116 Å². The highest BCUT2D eigenvalue weighted by Crippen LogP contribution is 2.19. The van der Waals surface area contributed by atoms with E-state index >= 15 is 0 Å². The highest BCUT2D eigenvalue weighted by molar-refractivity contribution is 5.83. The van der Waals surface area contributed by atoms with Gasteiger partial charge in [-0.15, -0.1) is 0 Å². The fraction of sp³-hybridized carbons (Fsp3) is 0.881. The first-order valence-electron chi connectivity index (χ1n) is 21.0. The number of nitrogens with one attached hydrogen (secondary N) is 1. The van der Waals surface area contributed by atoms with Crippen molar-refractivity contribution < 1.29 is 24.2 Å². The van der Waals surface area contributed by atoms with Gasteiger partial charge in [0.05, 0.1) is 0 Å². The first-order valence-corrected chi connectivity index (χ1v) is 21.0. The smallest absolute Gasteiger partial charge is 0.326 e. The summed E-state index contributed by atoms with van der Waals surface area (Å²) in [7, 11) is 0. The SMILES string of the molecule is CCCCCCCC/C=C\CCCCCCCC(=O)OC(CCCCCCCCCC)CCCCCCCC(=O)NC(CCCN)C(=O)O. The number of rotatable bonds is 38. The number of carbonyl (C=O) groups is 3. The highest BCUT2D eigenvalue weighted by atomic mass is 16.5. The van der Waals surface area contributed by atoms with Gasteiger partial charge in [0, 0.05) is 12.8 Å². The molecule has 7 nitrogen and oxygen atoms in total. The molecule has 0 aliphatic rings. The number of unbranched alkanes of at least 4 members (excludes halogenated alkanes) is 22. The van der Waals surface area contributed by atoms with Crippen LogP contribution in [0.25, 0.3) is 0 Å². The van der Waals surface area contributed by atoms with Gasteiger partial charge in [0.1, 0.15) is 12.1 Å². The van der Waals surface area contributed by atoms with Gasteiger partial charge in [-0.1, -0.05) is 142 Å². The molecule has 0 aliphatic carbocycles. The Balaban J connectivity index is 4.22. The van der Waals surface area contributed by atoms with Crippen molar-refractivity contribution >= 4 is 17.8 Å². The van der Waals surface area contributed by atoms with E-state index in [0.29, 0.717) is 32.2 Å². The van der Waals surface area contributed by atoms with E-state index in [2.05, 4.69) is 31.3 Å². The molecular formula is C42H80N2O5. The van der Waals surface area contributed by atoms with Gasteiger partial charge in [-0.3, -0.25) is 9.59 Å². The Kier molecular flexibility index (Phi) is 35.9. The molecule has 0 heterocycles. The number of amides is 1. The Bertz CT molecular complexity index is 787. The van der Waals surface area contributed by atoms with Crippen molar-refractivity contribution in [1.29, 1.82) is 0 Å². The quantitative estimate of drug-likeness (QED) is 0.0337. The summed E-state index contributed by atoms with van der Waals surface area (Å²) in [6.45, 7) is 4.93. The van der Waals surface area contributed by atoms with Crippen LogP contribution in [0.3, 0.4) is 0 Å². The first kappa shape index (κ1) is 47.1. The minimum absolute atomic E-state index is 0.0166. The van der Waals surface area contributed by atoms with E-state index in [1.807, 2.05) is 0 Å². The van der Waals surface area contributed by atoms with Gasteiger partial charge in [-0.25, -0.2) is 4.79 Å². The predicted molar refractivity (Wildman–Crippen MR) is 207 cm³/mol. The fourth-order valence-electron chi connectivity index (χ4n) is 6.39. The van der Waals surface area contributed by atoms with E-state index in [9.17, 15) is 19.5 Å². The minimum atomic E-state index is -1.00. The molecular weight excluding hydrogens is 612 g/mol. The molecule has 2 atom stereocenters. The number of allylic oxidation sites excluding steroid dienone is 2. The van der Waals surface area contributed by atoms with Crippen molar-refractivity contribution in [2.24, 2.45) is 5.73 Å². The Hall–Kier alpha value is -1.89. The summed E-state index contributed by atoms with van der Waals surface area (Å²) < 4.78 is 6.02. The van der Waals surface area contributed by atoms with Crippen LogP contribution in [0.4, 0.5) is 0 Å². The van der Waals surface area contributed by atoms with E-state index in [1.54, 1.807) is 0 Å². The van der Waals surface area contributed by atoms with Crippen LogP contribution >= 0.6 is 0 Å². The van der Waals surface area contributed by atoms with Crippen LogP contribution in [0.5, 0.6) is 0 Å². The lowest BCUT2D eigenvalue weighted by atomic mass is 10.0. The molecule has 0 radical (unpaired) electrons. The zero-order valence-corrected chi connectivity index (χ0v) is 32.3. The second kappa shape index (κ2) is 37.4. The number of ether oxygens (including phenoxy) is 1. The number of aliphatic carboxylic acids is 1. The van der Waals surface area contributed by atoms with Crippen LogP contribution < -0.4 is 11.1 Å². The molecule has 0 aromatic rings. The molecule has 0 saturated heterocycles. The summed E-state index contributed by atoms with van der Waals surface area (Å²) in [5.74, 6) is -1.23. The summed E-state index contributed by atoms with van der Waals surface area (Å²) >= 11 is 0. The van der Waals surface area contributed by atoms with Crippen LogP contribution in [0, 0.1) is 0 Å². The van der Waals surface area contributed by atoms with Crippen molar-refractivity contribution in [2.45, 2.75) is 231 Å². The van der Waals surface area contributed by atoms with Gasteiger partial charge in [0.25, 0.3) is 0 Å². The molecule has 0 saturated carbocycles. The maximum atomic E-state index is 12.7. The number of carboxylic acid groups (broad SMARTS) is 1. The number of hydrogen-bond donors (Lipinski definition) is 3. The molecule has 0 rings (SSSR count). The Morgan fingerprint density at radius 1 is 0.571 bits per heavy atom. The van der Waals surface area contributed by atoms with E-state index < -0.39 is 12.0 Å². The van der Waals surface area contributed by atoms with Gasteiger partial charge in [0.15, 0.2) is 0 Å². The Labute approximate surface area is 302 Å². The fourth-order valence-corrected chi connectivity index (χ4v) is 6.39. The largest absolute Gasteiger partial charge is 0.480 e. The molecule has 0 aromatic heterocycles. The standard InChI is InChI=1S/C42H80N2O5/c1-3-5-7-9-11-13-14-15-16-17-18-19-21-26-30-36-41(46)49-38(32-27-23-20-12-10-8-6-4-2)33-28-24-22-25-29-35-40(45)44-39(42(47)48)34-31-37-43/h15-16,38-39H,3-14,17-37,43H2,1-2H3,(H,44,45)(H,47,48)/b16-15-. The van der Waals surface area contributed by atoms with Crippen molar-refractivity contribution in [1.82, 2.24) is 5.32 Å². The van der Waals surface area contributed by atoms with Gasteiger partial charge in [-0.05, 0) is 83.6 Å². The average Bonchev–Trinajstić information content (AvgIpc) is 3.08. The van der Waals surface area contributed by atoms with Gasteiger partial charge in [-0.2, -0.15) is 0 Å². The number of hydrogen-bond acceptors (Lipinski definition) is 5. The molecule has 0 bridgehead atoms. The third-order valence-electron chi connectivity index (χ3n) is 9.58. The highest BCUT2D eigenvalue weighted by Gasteiger charge is 2.19. The lowest BCUT2D eigenvalue weighted by molar-refractivity contribution is -0.150. The molecule has 0 fully saturated rings. The van der Waals surface area contributed by atoms with Gasteiger partial charge < -0.3 is 20.9 Å². The summed E-state index contributed by atoms with van der Waals surface area (Å²) in [6, 6.07) is -0.853. The van der Waals surface area contributed by atoms with Crippen molar-refractivity contribution in [3.8, 4) is 0 Å². The molecule has 4 N–H and O–H groups in total. The van der Waals surface area contributed by atoms with Crippen molar-refractivity contribution in [2.75, 3.05) is 6.54 Å². The second-order valence-electron chi connectivity index (χ2n) is 14.4. The van der Waals surface area contributed by atoms with E-state index in [4.69, 9.17) is 10.5 Å². The normalized spacial score (nSPS) is 12.7. The van der Waals surface area contributed by atoms with Gasteiger partial charge >= 0.3 is 11.9 Å². The van der Waals surface area contributed by atoms with Crippen molar-refractivity contribution in [3.63, 3.8) is 0 Å². The average molecular weight is 693 g/mol. The summed E-state index contributed by atoms with van der Waals surface area (Å²) in [5.41, 5.74) is 5.47.